The maximum atomic E-state index is 14.7. The molecule has 0 radical (unpaired) electrons. The number of amides is 4. The number of hydrogen-bond donors (Lipinski definition) is 3. The van der Waals surface area contributed by atoms with Gasteiger partial charge in [-0.25, -0.2) is 9.59 Å². The van der Waals surface area contributed by atoms with Crippen LogP contribution in [0.1, 0.15) is 59.5 Å². The summed E-state index contributed by atoms with van der Waals surface area (Å²) in [6.07, 6.45) is 1.93. The average molecular weight is 864 g/mol. The molecule has 4 aromatic rings. The molecule has 10 unspecified atom stereocenters. The Labute approximate surface area is 368 Å². The van der Waals surface area contributed by atoms with Crippen LogP contribution in [0.25, 0.3) is 21.8 Å². The van der Waals surface area contributed by atoms with E-state index in [4.69, 9.17) is 9.47 Å². The van der Waals surface area contributed by atoms with Crippen molar-refractivity contribution in [2.45, 2.75) is 50.7 Å². The molecule has 4 fully saturated rings. The fraction of sp³-hybridized carbons (Fsp3) is 0.542. The van der Waals surface area contributed by atoms with Crippen molar-refractivity contribution in [3.63, 3.8) is 0 Å². The van der Waals surface area contributed by atoms with E-state index >= 15 is 0 Å². The molecule has 0 spiro atoms. The minimum atomic E-state index is -0.955. The number of fused-ring (bicyclic) bond motifs is 6. The Hall–Kier alpha value is -5.54. The fourth-order valence-electron chi connectivity index (χ4n) is 11.4. The second-order valence-electron chi connectivity index (χ2n) is 18.8. The third kappa shape index (κ3) is 8.73. The first-order chi connectivity index (χ1) is 30.2. The lowest BCUT2D eigenvalue weighted by atomic mass is 9.75. The van der Waals surface area contributed by atoms with Gasteiger partial charge in [0.25, 0.3) is 0 Å². The monoisotopic (exact) mass is 863 g/mol. The summed E-state index contributed by atoms with van der Waals surface area (Å²) in [6, 6.07) is 18.9. The minimum absolute atomic E-state index is 0.249. The van der Waals surface area contributed by atoms with Crippen LogP contribution in [-0.2, 0) is 42.7 Å². The summed E-state index contributed by atoms with van der Waals surface area (Å²) in [7, 11) is 11.5. The molecule has 15 heteroatoms. The zero-order chi connectivity index (χ0) is 44.7. The van der Waals surface area contributed by atoms with Crippen LogP contribution in [0.2, 0.25) is 0 Å². The van der Waals surface area contributed by atoms with Gasteiger partial charge in [0.1, 0.15) is 23.6 Å². The maximum Gasteiger partial charge on any atom is 0.355 e. The highest BCUT2D eigenvalue weighted by Crippen LogP contribution is 2.56. The van der Waals surface area contributed by atoms with Crippen molar-refractivity contribution in [3.8, 4) is 0 Å². The van der Waals surface area contributed by atoms with E-state index in [0.29, 0.717) is 50.2 Å². The molecular weight excluding hydrogens is 803 g/mol. The molecule has 4 aliphatic carbocycles. The number of aryl methyl sites for hydroxylation is 2. The summed E-state index contributed by atoms with van der Waals surface area (Å²) < 4.78 is 15.9. The van der Waals surface area contributed by atoms with Crippen molar-refractivity contribution in [1.82, 2.24) is 34.9 Å². The summed E-state index contributed by atoms with van der Waals surface area (Å²) in [6.45, 7) is 2.39. The molecule has 4 amide bonds. The second-order valence-corrected chi connectivity index (χ2v) is 18.8. The summed E-state index contributed by atoms with van der Waals surface area (Å²) in [5.74, 6) is -7.70. The summed E-state index contributed by atoms with van der Waals surface area (Å²) in [5, 5.41) is 10.6. The Morgan fingerprint density at radius 2 is 0.968 bits per heavy atom. The molecule has 0 aliphatic heterocycles. The first-order valence-electron chi connectivity index (χ1n) is 22.4. The molecule has 63 heavy (non-hydrogen) atoms. The zero-order valence-electron chi connectivity index (χ0n) is 37.2. The average Bonchev–Trinajstić information content (AvgIpc) is 4.11. The number of rotatable bonds is 16. The van der Waals surface area contributed by atoms with Crippen LogP contribution in [0.3, 0.4) is 0 Å². The number of esters is 2. The van der Waals surface area contributed by atoms with Crippen LogP contribution >= 0.6 is 0 Å². The van der Waals surface area contributed by atoms with Gasteiger partial charge in [-0.3, -0.25) is 24.5 Å². The fourth-order valence-corrected chi connectivity index (χ4v) is 11.4. The molecule has 8 rings (SSSR count). The molecule has 336 valence electrons. The first-order valence-corrected chi connectivity index (χ1v) is 22.4. The van der Waals surface area contributed by atoms with Crippen LogP contribution in [-0.4, -0.2) is 121 Å². The highest BCUT2D eigenvalue weighted by molar-refractivity contribution is 6.02. The van der Waals surface area contributed by atoms with Crippen LogP contribution in [0.15, 0.2) is 60.7 Å². The molecular formula is C48H61N7O8. The molecule has 3 N–H and O–H groups in total. The van der Waals surface area contributed by atoms with Gasteiger partial charge in [-0.05, 0) is 116 Å². The van der Waals surface area contributed by atoms with Crippen molar-refractivity contribution in [2.24, 2.45) is 61.4 Å². The topological polar surface area (TPSA) is 173 Å². The smallest absolute Gasteiger partial charge is 0.355 e. The quantitative estimate of drug-likeness (QED) is 0.0856. The van der Waals surface area contributed by atoms with Gasteiger partial charge in [-0.2, -0.15) is 0 Å². The third-order valence-electron chi connectivity index (χ3n) is 14.3. The van der Waals surface area contributed by atoms with Crippen molar-refractivity contribution >= 4 is 57.4 Å². The van der Waals surface area contributed by atoms with Gasteiger partial charge in [0.2, 0.25) is 23.6 Å². The van der Waals surface area contributed by atoms with Crippen molar-refractivity contribution in [3.05, 3.63) is 72.1 Å². The number of nitrogens with zero attached hydrogens (tertiary/aromatic N) is 4. The van der Waals surface area contributed by atoms with E-state index in [1.807, 2.05) is 86.5 Å². The number of carbonyl (C=O) groups is 6. The van der Waals surface area contributed by atoms with Gasteiger partial charge in [-0.1, -0.05) is 36.4 Å². The highest BCUT2D eigenvalue weighted by atomic mass is 16.5. The van der Waals surface area contributed by atoms with Crippen LogP contribution in [0.4, 0.5) is 0 Å². The molecule has 15 nitrogen and oxygen atoms in total. The Bertz CT molecular complexity index is 2240. The van der Waals surface area contributed by atoms with Gasteiger partial charge in [-0.15, -0.1) is 0 Å². The lowest BCUT2D eigenvalue weighted by Crippen LogP contribution is -2.53. The van der Waals surface area contributed by atoms with Gasteiger partial charge < -0.3 is 39.0 Å². The van der Waals surface area contributed by atoms with Crippen LogP contribution < -0.4 is 16.0 Å². The van der Waals surface area contributed by atoms with E-state index in [2.05, 4.69) is 16.0 Å². The second kappa shape index (κ2) is 18.3. The van der Waals surface area contributed by atoms with Crippen LogP contribution in [0.5, 0.6) is 0 Å². The number of imide groups is 1. The minimum Gasteiger partial charge on any atom is -0.457 e. The molecule has 4 saturated carbocycles. The molecule has 4 bridgehead atoms. The van der Waals surface area contributed by atoms with Crippen molar-refractivity contribution < 1.29 is 38.2 Å². The van der Waals surface area contributed by atoms with Gasteiger partial charge in [0, 0.05) is 60.8 Å². The third-order valence-corrected chi connectivity index (χ3v) is 14.3. The number of hydrogen-bond acceptors (Lipinski definition) is 10. The molecule has 2 aromatic carbocycles. The lowest BCUT2D eigenvalue weighted by Gasteiger charge is -2.36. The van der Waals surface area contributed by atoms with Crippen molar-refractivity contribution in [2.75, 3.05) is 54.4 Å². The highest BCUT2D eigenvalue weighted by Gasteiger charge is 2.62. The van der Waals surface area contributed by atoms with Crippen molar-refractivity contribution in [1.29, 1.82) is 0 Å². The SMILES string of the molecule is CN(C)CCCNC(=O)C1C2CC(OC(=O)c3cc4ccccc4n3C)C(C2)C1C(=O)NC(=O)C1C2CC(CC2OC(=O)c2cc3ccccc3n2C)C1C(=O)NCCCN(C)C. The zero-order valence-corrected chi connectivity index (χ0v) is 37.2. The molecule has 2 heterocycles. The van der Waals surface area contributed by atoms with Gasteiger partial charge in [0.15, 0.2) is 0 Å². The Morgan fingerprint density at radius 3 is 1.35 bits per heavy atom. The number of benzene rings is 2. The number of nitrogens with one attached hydrogen (secondary N) is 3. The predicted molar refractivity (Wildman–Crippen MR) is 236 cm³/mol. The predicted octanol–water partition coefficient (Wildman–Crippen LogP) is 3.74. The molecule has 2 aromatic heterocycles. The summed E-state index contributed by atoms with van der Waals surface area (Å²) in [4.78, 5) is 88.9. The molecule has 10 atom stereocenters. The van der Waals surface area contributed by atoms with E-state index in [-0.39, 0.29) is 23.7 Å². The Kier molecular flexibility index (Phi) is 12.8. The van der Waals surface area contributed by atoms with Crippen LogP contribution in [0, 0.1) is 47.3 Å². The number of carbonyl (C=O) groups excluding carboxylic acids is 6. The standard InChI is InChI=1S/C48H61N7O8/c1-52(2)19-11-17-49-43(56)39-29-21-31(37(25-29)62-47(60)35-23-27-13-7-9-15-33(27)54(35)5)41(39)45(58)51-46(59)42-32-22-30(40(42)44(57)50-18-12-20-53(3)4)26-38(32)63-48(61)36-24-28-14-8-10-16-34(28)55(36)6/h7-10,13-16,23-24,29-32,37-42H,11-12,17-22,25-26H2,1-6H3,(H,49,56)(H,50,57)(H,51,58,59). The largest absolute Gasteiger partial charge is 0.457 e. The Morgan fingerprint density at radius 1 is 0.571 bits per heavy atom. The van der Waals surface area contributed by atoms with E-state index in [0.717, 1.165) is 47.7 Å². The van der Waals surface area contributed by atoms with E-state index in [9.17, 15) is 28.8 Å². The van der Waals surface area contributed by atoms with Gasteiger partial charge in [0.05, 0.1) is 23.7 Å². The summed E-state index contributed by atoms with van der Waals surface area (Å²) in [5.41, 5.74) is 2.52. The number of ether oxygens (including phenoxy) is 2. The maximum absolute atomic E-state index is 14.7. The lowest BCUT2D eigenvalue weighted by molar-refractivity contribution is -0.147. The van der Waals surface area contributed by atoms with E-state index < -0.39 is 71.5 Å². The Balaban J connectivity index is 1.02. The first kappa shape index (κ1) is 44.1. The normalized spacial score (nSPS) is 27.0. The van der Waals surface area contributed by atoms with E-state index in [1.54, 1.807) is 35.4 Å². The van der Waals surface area contributed by atoms with Gasteiger partial charge >= 0.3 is 11.9 Å². The number of para-hydroxylation sites is 2. The van der Waals surface area contributed by atoms with E-state index in [1.165, 1.54) is 0 Å². The molecule has 4 aliphatic rings. The molecule has 0 saturated heterocycles. The number of aromatic nitrogens is 2. The summed E-state index contributed by atoms with van der Waals surface area (Å²) >= 11 is 0.